The molecular weight excluding hydrogens is 416 g/mol. The Labute approximate surface area is 195 Å². The number of pyridine rings is 4. The fourth-order valence-corrected chi connectivity index (χ4v) is 4.80. The lowest BCUT2D eigenvalue weighted by Gasteiger charge is -2.10. The fourth-order valence-electron chi connectivity index (χ4n) is 4.80. The van der Waals surface area contributed by atoms with Gasteiger partial charge in [0.25, 0.3) is 0 Å². The minimum absolute atomic E-state index is 0.859. The molecule has 0 aliphatic rings. The van der Waals surface area contributed by atoms with Crippen LogP contribution < -0.4 is 0 Å². The monoisotopic (exact) mass is 434 g/mol. The molecule has 0 spiro atoms. The molecule has 0 fully saturated rings. The summed E-state index contributed by atoms with van der Waals surface area (Å²) in [5, 5.41) is 7.20. The maximum atomic E-state index is 4.95. The van der Waals surface area contributed by atoms with Gasteiger partial charge in [-0.3, -0.25) is 15.0 Å². The summed E-state index contributed by atoms with van der Waals surface area (Å²) >= 11 is 0. The zero-order chi connectivity index (χ0) is 22.5. The lowest BCUT2D eigenvalue weighted by molar-refractivity contribution is 1.27. The Morgan fingerprint density at radius 3 is 1.82 bits per heavy atom. The van der Waals surface area contributed by atoms with Crippen molar-refractivity contribution in [1.82, 2.24) is 19.9 Å². The maximum absolute atomic E-state index is 4.95. The summed E-state index contributed by atoms with van der Waals surface area (Å²) in [6.45, 7) is 0. The van der Waals surface area contributed by atoms with Crippen molar-refractivity contribution < 1.29 is 0 Å². The van der Waals surface area contributed by atoms with Gasteiger partial charge < -0.3 is 0 Å². The van der Waals surface area contributed by atoms with Gasteiger partial charge in [0.1, 0.15) is 0 Å². The molecule has 34 heavy (non-hydrogen) atoms. The summed E-state index contributed by atoms with van der Waals surface area (Å²) in [4.78, 5) is 18.2. The van der Waals surface area contributed by atoms with Crippen molar-refractivity contribution in [2.45, 2.75) is 0 Å². The number of rotatable bonds is 2. The Morgan fingerprint density at radius 2 is 1.06 bits per heavy atom. The highest BCUT2D eigenvalue weighted by Gasteiger charge is 2.10. The third-order valence-electron chi connectivity index (χ3n) is 6.49. The second-order valence-corrected chi connectivity index (χ2v) is 8.39. The summed E-state index contributed by atoms with van der Waals surface area (Å²) in [6.07, 6.45) is 7.32. The summed E-state index contributed by atoms with van der Waals surface area (Å²) in [5.41, 5.74) is 5.87. The number of hydrogen-bond donors (Lipinski definition) is 0. The molecule has 4 nitrogen and oxygen atoms in total. The largest absolute Gasteiger partial charge is 0.265 e. The summed E-state index contributed by atoms with van der Waals surface area (Å²) in [5.74, 6) is 0. The zero-order valence-electron chi connectivity index (χ0n) is 18.2. The van der Waals surface area contributed by atoms with Gasteiger partial charge in [-0.05, 0) is 75.6 Å². The number of nitrogens with zero attached hydrogens (tertiary/aromatic N) is 4. The van der Waals surface area contributed by atoms with Gasteiger partial charge >= 0.3 is 0 Å². The van der Waals surface area contributed by atoms with Crippen molar-refractivity contribution in [3.05, 3.63) is 110 Å². The van der Waals surface area contributed by atoms with Crippen LogP contribution in [0.15, 0.2) is 110 Å². The molecule has 7 aromatic rings. The molecule has 0 bridgehead atoms. The van der Waals surface area contributed by atoms with Crippen molar-refractivity contribution in [2.75, 3.05) is 0 Å². The fraction of sp³-hybridized carbons (Fsp3) is 0. The molecule has 0 saturated carbocycles. The Bertz CT molecular complexity index is 1840. The van der Waals surface area contributed by atoms with Crippen LogP contribution in [0.3, 0.4) is 0 Å². The van der Waals surface area contributed by atoms with Crippen molar-refractivity contribution >= 4 is 43.4 Å². The summed E-state index contributed by atoms with van der Waals surface area (Å²) < 4.78 is 0. The van der Waals surface area contributed by atoms with Crippen LogP contribution in [0.2, 0.25) is 0 Å². The molecular formula is C30H18N4. The Hall–Kier alpha value is -4.70. The third kappa shape index (κ3) is 2.93. The third-order valence-corrected chi connectivity index (χ3v) is 6.49. The molecule has 4 aromatic heterocycles. The quantitative estimate of drug-likeness (QED) is 0.270. The minimum atomic E-state index is 0.859. The van der Waals surface area contributed by atoms with Gasteiger partial charge in [-0.15, -0.1) is 0 Å². The second-order valence-electron chi connectivity index (χ2n) is 8.39. The number of benzene rings is 3. The van der Waals surface area contributed by atoms with Crippen LogP contribution in [0.5, 0.6) is 0 Å². The molecule has 4 heteroatoms. The first-order valence-electron chi connectivity index (χ1n) is 11.2. The molecule has 0 aliphatic heterocycles. The van der Waals surface area contributed by atoms with Gasteiger partial charge in [-0.25, -0.2) is 4.98 Å². The average molecular weight is 435 g/mol. The van der Waals surface area contributed by atoms with Crippen LogP contribution >= 0.6 is 0 Å². The Kier molecular flexibility index (Phi) is 4.11. The lowest BCUT2D eigenvalue weighted by Crippen LogP contribution is -1.90. The molecule has 7 rings (SSSR count). The van der Waals surface area contributed by atoms with E-state index in [1.807, 2.05) is 36.7 Å². The van der Waals surface area contributed by atoms with E-state index in [1.54, 1.807) is 12.4 Å². The van der Waals surface area contributed by atoms with Gasteiger partial charge in [0.15, 0.2) is 0 Å². The predicted octanol–water partition coefficient (Wildman–Crippen LogP) is 7.21. The number of fused-ring (bicyclic) bond motifs is 7. The lowest BCUT2D eigenvalue weighted by atomic mass is 9.96. The molecule has 0 aliphatic carbocycles. The van der Waals surface area contributed by atoms with Gasteiger partial charge in [0.2, 0.25) is 0 Å². The predicted molar refractivity (Wildman–Crippen MR) is 139 cm³/mol. The SMILES string of the molecule is c1cnc2ccc3c(ccc4c5ccc(-c6ccc(-c7ccncc7)cn6)nc5ccc43)c2c1. The van der Waals surface area contributed by atoms with E-state index in [0.717, 1.165) is 38.9 Å². The van der Waals surface area contributed by atoms with Crippen LogP contribution in [0, 0.1) is 0 Å². The molecule has 0 radical (unpaired) electrons. The molecule has 158 valence electrons. The van der Waals surface area contributed by atoms with E-state index in [-0.39, 0.29) is 0 Å². The van der Waals surface area contributed by atoms with Gasteiger partial charge in [-0.2, -0.15) is 0 Å². The van der Waals surface area contributed by atoms with E-state index in [4.69, 9.17) is 4.98 Å². The molecule has 0 N–H and O–H groups in total. The van der Waals surface area contributed by atoms with Crippen molar-refractivity contribution in [2.24, 2.45) is 0 Å². The zero-order valence-corrected chi connectivity index (χ0v) is 18.2. The second kappa shape index (κ2) is 7.42. The highest BCUT2D eigenvalue weighted by Crippen LogP contribution is 2.34. The molecule has 3 aromatic carbocycles. The van der Waals surface area contributed by atoms with Gasteiger partial charge in [0.05, 0.1) is 22.4 Å². The normalized spacial score (nSPS) is 11.5. The van der Waals surface area contributed by atoms with E-state index in [0.29, 0.717) is 0 Å². The van der Waals surface area contributed by atoms with E-state index >= 15 is 0 Å². The maximum Gasteiger partial charge on any atom is 0.0893 e. The van der Waals surface area contributed by atoms with E-state index < -0.39 is 0 Å². The molecule has 0 atom stereocenters. The Morgan fingerprint density at radius 1 is 0.412 bits per heavy atom. The Balaban J connectivity index is 1.35. The molecule has 0 unspecified atom stereocenters. The summed E-state index contributed by atoms with van der Waals surface area (Å²) in [6, 6.07) is 29.4. The highest BCUT2D eigenvalue weighted by molar-refractivity contribution is 6.21. The highest BCUT2D eigenvalue weighted by atomic mass is 14.8. The van der Waals surface area contributed by atoms with Gasteiger partial charge in [-0.1, -0.05) is 36.4 Å². The van der Waals surface area contributed by atoms with Crippen LogP contribution in [0.25, 0.3) is 65.9 Å². The minimum Gasteiger partial charge on any atom is -0.265 e. The first-order valence-corrected chi connectivity index (χ1v) is 11.2. The van der Waals surface area contributed by atoms with Gasteiger partial charge in [0, 0.05) is 41.1 Å². The first kappa shape index (κ1) is 18.8. The number of hydrogen-bond acceptors (Lipinski definition) is 4. The summed E-state index contributed by atoms with van der Waals surface area (Å²) in [7, 11) is 0. The topological polar surface area (TPSA) is 51.6 Å². The van der Waals surface area contributed by atoms with Crippen LogP contribution in [-0.4, -0.2) is 19.9 Å². The van der Waals surface area contributed by atoms with E-state index in [2.05, 4.69) is 75.6 Å². The number of aromatic nitrogens is 4. The van der Waals surface area contributed by atoms with Crippen molar-refractivity contribution in [3.63, 3.8) is 0 Å². The first-order chi connectivity index (χ1) is 16.8. The smallest absolute Gasteiger partial charge is 0.0893 e. The van der Waals surface area contributed by atoms with Crippen molar-refractivity contribution in [1.29, 1.82) is 0 Å². The van der Waals surface area contributed by atoms with Crippen LogP contribution in [0.1, 0.15) is 0 Å². The average Bonchev–Trinajstić information content (AvgIpc) is 2.92. The van der Waals surface area contributed by atoms with E-state index in [9.17, 15) is 0 Å². The van der Waals surface area contributed by atoms with Crippen LogP contribution in [-0.2, 0) is 0 Å². The van der Waals surface area contributed by atoms with Crippen molar-refractivity contribution in [3.8, 4) is 22.5 Å². The molecule has 4 heterocycles. The van der Waals surface area contributed by atoms with Crippen LogP contribution in [0.4, 0.5) is 0 Å². The molecule has 0 saturated heterocycles. The van der Waals surface area contributed by atoms with E-state index in [1.165, 1.54) is 26.9 Å². The molecule has 0 amide bonds. The standard InChI is InChI=1S/C30H18N4/c1-2-25-23-4-5-24-22(21(23)6-10-27(25)32-15-1)7-11-28-26(24)8-12-30(34-28)29-9-3-20(18-33-29)19-13-16-31-17-14-19/h1-18H.